The van der Waals surface area contributed by atoms with Gasteiger partial charge in [0.1, 0.15) is 5.82 Å². The van der Waals surface area contributed by atoms with E-state index in [0.717, 1.165) is 16.6 Å². The summed E-state index contributed by atoms with van der Waals surface area (Å²) >= 11 is 0. The van der Waals surface area contributed by atoms with E-state index < -0.39 is 0 Å². The minimum absolute atomic E-state index is 0.110. The maximum absolute atomic E-state index is 12.7. The topological polar surface area (TPSA) is 67.6 Å². The van der Waals surface area contributed by atoms with Crippen LogP contribution in [0.15, 0.2) is 39.9 Å². The van der Waals surface area contributed by atoms with Crippen molar-refractivity contribution in [1.29, 1.82) is 0 Å². The lowest BCUT2D eigenvalue weighted by Crippen LogP contribution is -2.41. The molecule has 1 amide bonds. The van der Waals surface area contributed by atoms with Crippen molar-refractivity contribution in [2.45, 2.75) is 19.8 Å². The fourth-order valence-electron chi connectivity index (χ4n) is 3.41. The highest BCUT2D eigenvalue weighted by Gasteiger charge is 2.21. The lowest BCUT2D eigenvalue weighted by Gasteiger charge is -2.25. The van der Waals surface area contributed by atoms with Crippen LogP contribution < -0.4 is 16.1 Å². The molecule has 1 aliphatic rings. The first-order valence-electron chi connectivity index (χ1n) is 9.22. The average Bonchev–Trinajstić information content (AvgIpc) is 2.91. The molecule has 0 atom stereocenters. The quantitative estimate of drug-likeness (QED) is 0.797. The number of aromatic nitrogens is 2. The predicted octanol–water partition coefficient (Wildman–Crippen LogP) is 0.674. The third-order valence-corrected chi connectivity index (χ3v) is 5.15. The minimum Gasteiger partial charge on any atom is -0.356 e. The summed E-state index contributed by atoms with van der Waals surface area (Å²) in [6, 6.07) is 9.51. The Labute approximate surface area is 158 Å². The molecule has 3 rings (SSSR count). The molecule has 1 saturated heterocycles. The molecule has 0 N–H and O–H groups in total. The van der Waals surface area contributed by atoms with E-state index in [1.807, 2.05) is 41.0 Å². The molecular weight excluding hydrogens is 344 g/mol. The van der Waals surface area contributed by atoms with Crippen molar-refractivity contribution in [2.75, 3.05) is 31.1 Å². The van der Waals surface area contributed by atoms with Crippen molar-refractivity contribution in [2.24, 2.45) is 14.1 Å². The summed E-state index contributed by atoms with van der Waals surface area (Å²) in [5.74, 6) is 0.717. The maximum atomic E-state index is 12.7. The average molecular weight is 370 g/mol. The Morgan fingerprint density at radius 3 is 2.37 bits per heavy atom. The molecule has 27 heavy (non-hydrogen) atoms. The maximum Gasteiger partial charge on any atom is 0.332 e. The van der Waals surface area contributed by atoms with Crippen molar-refractivity contribution >= 4 is 11.7 Å². The van der Waals surface area contributed by atoms with E-state index in [9.17, 15) is 14.4 Å². The molecule has 0 radical (unpaired) electrons. The Kier molecular flexibility index (Phi) is 5.48. The predicted molar refractivity (Wildman–Crippen MR) is 105 cm³/mol. The second-order valence-electron chi connectivity index (χ2n) is 7.13. The first-order valence-corrected chi connectivity index (χ1v) is 9.22. The zero-order valence-electron chi connectivity index (χ0n) is 16.1. The van der Waals surface area contributed by atoms with Crippen LogP contribution in [0, 0.1) is 6.92 Å². The Balaban J connectivity index is 1.70. The van der Waals surface area contributed by atoms with E-state index in [4.69, 9.17) is 0 Å². The number of rotatable bonds is 3. The number of carbonyl (C=O) groups excluding carboxylic acids is 1. The van der Waals surface area contributed by atoms with Crippen molar-refractivity contribution in [1.82, 2.24) is 14.0 Å². The number of anilines is 1. The molecule has 1 fully saturated rings. The SMILES string of the molecule is Cc1ccc(CC(=O)N2CCCN(c3cc(=O)n(C)c(=O)n3C)CC2)cc1. The molecule has 0 aliphatic carbocycles. The van der Waals surface area contributed by atoms with Crippen LogP contribution in [0.3, 0.4) is 0 Å². The highest BCUT2D eigenvalue weighted by molar-refractivity contribution is 5.78. The van der Waals surface area contributed by atoms with Gasteiger partial charge in [0.15, 0.2) is 0 Å². The lowest BCUT2D eigenvalue weighted by molar-refractivity contribution is -0.130. The van der Waals surface area contributed by atoms with E-state index in [0.29, 0.717) is 38.4 Å². The Morgan fingerprint density at radius 1 is 0.963 bits per heavy atom. The van der Waals surface area contributed by atoms with Crippen LogP contribution in [0.5, 0.6) is 0 Å². The van der Waals surface area contributed by atoms with Gasteiger partial charge in [-0.1, -0.05) is 29.8 Å². The number of amides is 1. The van der Waals surface area contributed by atoms with Gasteiger partial charge >= 0.3 is 5.69 Å². The van der Waals surface area contributed by atoms with Crippen LogP contribution in [0.2, 0.25) is 0 Å². The molecule has 0 spiro atoms. The van der Waals surface area contributed by atoms with Gasteiger partial charge in [0, 0.05) is 46.3 Å². The van der Waals surface area contributed by atoms with Gasteiger partial charge < -0.3 is 9.80 Å². The number of benzene rings is 1. The van der Waals surface area contributed by atoms with Gasteiger partial charge in [-0.2, -0.15) is 0 Å². The first-order chi connectivity index (χ1) is 12.9. The molecular formula is C20H26N4O3. The van der Waals surface area contributed by atoms with E-state index in [2.05, 4.69) is 0 Å². The van der Waals surface area contributed by atoms with E-state index in [1.54, 1.807) is 7.05 Å². The van der Waals surface area contributed by atoms with Gasteiger partial charge in [0.05, 0.1) is 6.42 Å². The molecule has 1 aromatic carbocycles. The smallest absolute Gasteiger partial charge is 0.332 e. The number of carbonyl (C=O) groups is 1. The largest absolute Gasteiger partial charge is 0.356 e. The van der Waals surface area contributed by atoms with Gasteiger partial charge in [-0.25, -0.2) is 4.79 Å². The van der Waals surface area contributed by atoms with Crippen LogP contribution in [-0.4, -0.2) is 46.1 Å². The summed E-state index contributed by atoms with van der Waals surface area (Å²) in [7, 11) is 3.14. The molecule has 7 nitrogen and oxygen atoms in total. The van der Waals surface area contributed by atoms with Gasteiger partial charge in [-0.15, -0.1) is 0 Å². The molecule has 0 saturated carbocycles. The molecule has 7 heteroatoms. The van der Waals surface area contributed by atoms with Crippen molar-refractivity contribution in [3.05, 3.63) is 62.3 Å². The standard InChI is InChI=1S/C20H26N4O3/c1-15-5-7-16(8-6-15)13-19(26)24-10-4-9-23(11-12-24)17-14-18(25)22(3)20(27)21(17)2/h5-8,14H,4,9-13H2,1-3H3. The van der Waals surface area contributed by atoms with Gasteiger partial charge in [0.25, 0.3) is 5.56 Å². The normalized spacial score (nSPS) is 14.9. The summed E-state index contributed by atoms with van der Waals surface area (Å²) in [5, 5.41) is 0. The Bertz CT molecular complexity index is 943. The second kappa shape index (κ2) is 7.82. The highest BCUT2D eigenvalue weighted by Crippen LogP contribution is 2.14. The van der Waals surface area contributed by atoms with E-state index >= 15 is 0 Å². The van der Waals surface area contributed by atoms with Gasteiger partial charge in [-0.3, -0.25) is 18.7 Å². The summed E-state index contributed by atoms with van der Waals surface area (Å²) in [6.07, 6.45) is 1.19. The molecule has 1 aliphatic heterocycles. The number of aryl methyl sites for hydroxylation is 1. The third-order valence-electron chi connectivity index (χ3n) is 5.15. The third kappa shape index (κ3) is 4.13. The summed E-state index contributed by atoms with van der Waals surface area (Å²) in [6.45, 7) is 4.59. The van der Waals surface area contributed by atoms with Crippen molar-refractivity contribution in [3.63, 3.8) is 0 Å². The molecule has 2 heterocycles. The van der Waals surface area contributed by atoms with E-state index in [1.165, 1.54) is 23.2 Å². The van der Waals surface area contributed by atoms with Crippen LogP contribution >= 0.6 is 0 Å². The zero-order valence-corrected chi connectivity index (χ0v) is 16.1. The van der Waals surface area contributed by atoms with Crippen LogP contribution in [0.25, 0.3) is 0 Å². The van der Waals surface area contributed by atoms with Gasteiger partial charge in [-0.05, 0) is 18.9 Å². The van der Waals surface area contributed by atoms with Crippen LogP contribution in [0.1, 0.15) is 17.5 Å². The van der Waals surface area contributed by atoms with Crippen LogP contribution in [-0.2, 0) is 25.3 Å². The van der Waals surface area contributed by atoms with Crippen molar-refractivity contribution in [3.8, 4) is 0 Å². The summed E-state index contributed by atoms with van der Waals surface area (Å²) in [4.78, 5) is 40.7. The zero-order chi connectivity index (χ0) is 19.6. The molecule has 2 aromatic rings. The summed E-state index contributed by atoms with van der Waals surface area (Å²) < 4.78 is 2.59. The lowest BCUT2D eigenvalue weighted by atomic mass is 10.1. The molecule has 0 bridgehead atoms. The highest BCUT2D eigenvalue weighted by atomic mass is 16.2. The first kappa shape index (κ1) is 18.9. The van der Waals surface area contributed by atoms with Crippen LogP contribution in [0.4, 0.5) is 5.82 Å². The van der Waals surface area contributed by atoms with Crippen molar-refractivity contribution < 1.29 is 4.79 Å². The molecule has 0 unspecified atom stereocenters. The molecule has 1 aromatic heterocycles. The number of hydrogen-bond donors (Lipinski definition) is 0. The number of hydrogen-bond acceptors (Lipinski definition) is 4. The number of nitrogens with zero attached hydrogens (tertiary/aromatic N) is 4. The molecule has 144 valence electrons. The minimum atomic E-state index is -0.339. The summed E-state index contributed by atoms with van der Waals surface area (Å²) in [5.41, 5.74) is 1.54. The Hall–Kier alpha value is -2.83. The fraction of sp³-hybridized carbons (Fsp3) is 0.450. The Morgan fingerprint density at radius 2 is 1.67 bits per heavy atom. The van der Waals surface area contributed by atoms with Gasteiger partial charge in [0.2, 0.25) is 5.91 Å². The van der Waals surface area contributed by atoms with E-state index in [-0.39, 0.29) is 17.2 Å². The second-order valence-corrected chi connectivity index (χ2v) is 7.13. The fourth-order valence-corrected chi connectivity index (χ4v) is 3.41. The monoisotopic (exact) mass is 370 g/mol.